The molecule has 0 radical (unpaired) electrons. The molecule has 5 heteroatoms. The predicted octanol–water partition coefficient (Wildman–Crippen LogP) is 1.23. The molecule has 1 N–H and O–H groups in total. The Balaban J connectivity index is 1.39. The Kier molecular flexibility index (Phi) is 2.72. The first-order valence-electron chi connectivity index (χ1n) is 8.02. The molecule has 4 fully saturated rings. The minimum atomic E-state index is -0.791. The first-order valence-corrected chi connectivity index (χ1v) is 8.02. The van der Waals surface area contributed by atoms with Crippen molar-refractivity contribution in [2.75, 3.05) is 19.7 Å². The van der Waals surface area contributed by atoms with Gasteiger partial charge in [0.1, 0.15) is 0 Å². The van der Waals surface area contributed by atoms with E-state index in [1.165, 1.54) is 0 Å². The zero-order valence-corrected chi connectivity index (χ0v) is 12.6. The fraction of sp³-hybridized carbons (Fsp3) is 0.875. The molecule has 2 aliphatic carbocycles. The van der Waals surface area contributed by atoms with Gasteiger partial charge in [0.2, 0.25) is 5.91 Å². The summed E-state index contributed by atoms with van der Waals surface area (Å²) in [5, 5.41) is 9.21. The standard InChI is InChI=1S/C16H23NO4/c1-16(2)11-3-8(4-12(11)16)14(18)17-5-9-10(15(19)20)7-21-13(9)6-17/h8-13H,3-7H2,1-2H3,(H,19,20)/t8?,9-,10-,11-,12+,13-/m0/s1. The summed E-state index contributed by atoms with van der Waals surface area (Å²) < 4.78 is 5.58. The van der Waals surface area contributed by atoms with Gasteiger partial charge in [0, 0.05) is 24.9 Å². The fourth-order valence-corrected chi connectivity index (χ4v) is 5.11. The zero-order valence-electron chi connectivity index (χ0n) is 12.6. The van der Waals surface area contributed by atoms with Crippen LogP contribution in [0.15, 0.2) is 0 Å². The number of nitrogens with zero attached hydrogens (tertiary/aromatic N) is 1. The summed E-state index contributed by atoms with van der Waals surface area (Å²) in [5.74, 6) is 0.589. The first kappa shape index (κ1) is 13.6. The lowest BCUT2D eigenvalue weighted by Gasteiger charge is -2.24. The number of hydrogen-bond acceptors (Lipinski definition) is 3. The van der Waals surface area contributed by atoms with Crippen LogP contribution in [0.4, 0.5) is 0 Å². The van der Waals surface area contributed by atoms with Crippen LogP contribution in [0.2, 0.25) is 0 Å². The van der Waals surface area contributed by atoms with Gasteiger partial charge in [0.15, 0.2) is 0 Å². The number of rotatable bonds is 2. The molecule has 2 saturated carbocycles. The van der Waals surface area contributed by atoms with Crippen LogP contribution in [0.3, 0.4) is 0 Å². The number of hydrogen-bond donors (Lipinski definition) is 1. The molecule has 0 aromatic rings. The van der Waals surface area contributed by atoms with Crippen molar-refractivity contribution in [3.05, 3.63) is 0 Å². The number of carboxylic acids is 1. The van der Waals surface area contributed by atoms with Gasteiger partial charge in [-0.15, -0.1) is 0 Å². The second-order valence-corrected chi connectivity index (χ2v) is 7.93. The van der Waals surface area contributed by atoms with Crippen LogP contribution in [-0.4, -0.2) is 47.7 Å². The van der Waals surface area contributed by atoms with Crippen LogP contribution in [0.5, 0.6) is 0 Å². The number of likely N-dealkylation sites (tertiary alicyclic amines) is 1. The normalized spacial score (nSPS) is 46.3. The molecule has 0 aromatic heterocycles. The lowest BCUT2D eigenvalue weighted by molar-refractivity contribution is -0.144. The van der Waals surface area contributed by atoms with Crippen molar-refractivity contribution >= 4 is 11.9 Å². The van der Waals surface area contributed by atoms with Crippen LogP contribution in [-0.2, 0) is 14.3 Å². The Morgan fingerprint density at radius 3 is 2.48 bits per heavy atom. The molecular formula is C16H23NO4. The Hall–Kier alpha value is -1.10. The molecule has 2 aliphatic heterocycles. The average molecular weight is 293 g/mol. The lowest BCUT2D eigenvalue weighted by atomic mass is 9.92. The Labute approximate surface area is 124 Å². The minimum Gasteiger partial charge on any atom is -0.481 e. The summed E-state index contributed by atoms with van der Waals surface area (Å²) >= 11 is 0. The lowest BCUT2D eigenvalue weighted by Crippen LogP contribution is -2.36. The van der Waals surface area contributed by atoms with Crippen LogP contribution < -0.4 is 0 Å². The van der Waals surface area contributed by atoms with Crippen LogP contribution in [0.1, 0.15) is 26.7 Å². The molecule has 21 heavy (non-hydrogen) atoms. The van der Waals surface area contributed by atoms with Gasteiger partial charge < -0.3 is 14.7 Å². The van der Waals surface area contributed by atoms with Gasteiger partial charge in [-0.05, 0) is 30.1 Å². The zero-order chi connectivity index (χ0) is 14.9. The molecule has 0 aromatic carbocycles. The first-order chi connectivity index (χ1) is 9.89. The van der Waals surface area contributed by atoms with Crippen LogP contribution in [0.25, 0.3) is 0 Å². The number of carboxylic acid groups (broad SMARTS) is 1. The van der Waals surface area contributed by atoms with Crippen molar-refractivity contribution in [2.24, 2.45) is 35.0 Å². The van der Waals surface area contributed by atoms with Gasteiger partial charge in [-0.1, -0.05) is 13.8 Å². The molecule has 4 aliphatic rings. The molecular weight excluding hydrogens is 270 g/mol. The third-order valence-corrected chi connectivity index (χ3v) is 6.66. The molecule has 0 spiro atoms. The molecule has 4 rings (SSSR count). The summed E-state index contributed by atoms with van der Waals surface area (Å²) in [6.45, 7) is 6.05. The maximum absolute atomic E-state index is 12.7. The molecule has 1 unspecified atom stereocenters. The number of fused-ring (bicyclic) bond motifs is 2. The van der Waals surface area contributed by atoms with Gasteiger partial charge in [-0.2, -0.15) is 0 Å². The smallest absolute Gasteiger partial charge is 0.309 e. The highest BCUT2D eigenvalue weighted by atomic mass is 16.5. The van der Waals surface area contributed by atoms with Gasteiger partial charge in [-0.3, -0.25) is 9.59 Å². The van der Waals surface area contributed by atoms with E-state index in [9.17, 15) is 14.7 Å². The maximum atomic E-state index is 12.7. The Morgan fingerprint density at radius 1 is 1.19 bits per heavy atom. The molecule has 0 bridgehead atoms. The monoisotopic (exact) mass is 293 g/mol. The molecule has 2 saturated heterocycles. The minimum absolute atomic E-state index is 0.0150. The second-order valence-electron chi connectivity index (χ2n) is 7.93. The summed E-state index contributed by atoms with van der Waals surface area (Å²) in [7, 11) is 0. The van der Waals surface area contributed by atoms with Crippen molar-refractivity contribution in [2.45, 2.75) is 32.8 Å². The summed E-state index contributed by atoms with van der Waals surface area (Å²) in [6, 6.07) is 0. The van der Waals surface area contributed by atoms with Gasteiger partial charge in [-0.25, -0.2) is 0 Å². The van der Waals surface area contributed by atoms with E-state index in [1.54, 1.807) is 0 Å². The second kappa shape index (κ2) is 4.22. The third-order valence-electron chi connectivity index (χ3n) is 6.66. The van der Waals surface area contributed by atoms with Crippen molar-refractivity contribution in [3.8, 4) is 0 Å². The molecule has 6 atom stereocenters. The Morgan fingerprint density at radius 2 is 1.86 bits per heavy atom. The average Bonchev–Trinajstić information content (AvgIpc) is 2.95. The van der Waals surface area contributed by atoms with Gasteiger partial charge >= 0.3 is 5.97 Å². The molecule has 2 heterocycles. The quantitative estimate of drug-likeness (QED) is 0.831. The van der Waals surface area contributed by atoms with Crippen molar-refractivity contribution < 1.29 is 19.4 Å². The van der Waals surface area contributed by atoms with E-state index in [4.69, 9.17) is 4.74 Å². The van der Waals surface area contributed by atoms with Crippen LogP contribution >= 0.6 is 0 Å². The maximum Gasteiger partial charge on any atom is 0.309 e. The SMILES string of the molecule is CC1(C)[C@@H]2CC(C(=O)N3C[C@@H]4[C@H](C3)OC[C@@H]4C(=O)O)C[C@@H]21. The van der Waals surface area contributed by atoms with E-state index in [1.807, 2.05) is 4.90 Å². The van der Waals surface area contributed by atoms with Crippen molar-refractivity contribution in [3.63, 3.8) is 0 Å². The number of ether oxygens (including phenoxy) is 1. The number of amides is 1. The Bertz CT molecular complexity index is 489. The van der Waals surface area contributed by atoms with E-state index in [2.05, 4.69) is 13.8 Å². The highest BCUT2D eigenvalue weighted by Crippen LogP contribution is 2.68. The van der Waals surface area contributed by atoms with E-state index >= 15 is 0 Å². The highest BCUT2D eigenvalue weighted by molar-refractivity contribution is 5.80. The van der Waals surface area contributed by atoms with Gasteiger partial charge in [0.25, 0.3) is 0 Å². The topological polar surface area (TPSA) is 66.8 Å². The van der Waals surface area contributed by atoms with Crippen molar-refractivity contribution in [1.29, 1.82) is 0 Å². The van der Waals surface area contributed by atoms with E-state index in [-0.39, 0.29) is 23.8 Å². The number of carbonyl (C=O) groups excluding carboxylic acids is 1. The third kappa shape index (κ3) is 1.86. The molecule has 1 amide bonds. The van der Waals surface area contributed by atoms with Gasteiger partial charge in [0.05, 0.1) is 18.6 Å². The van der Waals surface area contributed by atoms with E-state index in [0.717, 1.165) is 24.7 Å². The summed E-state index contributed by atoms with van der Waals surface area (Å²) in [6.07, 6.45) is 1.97. The molecule has 116 valence electrons. The number of carbonyl (C=O) groups is 2. The molecule has 5 nitrogen and oxygen atoms in total. The highest BCUT2D eigenvalue weighted by Gasteiger charge is 2.63. The van der Waals surface area contributed by atoms with E-state index < -0.39 is 11.9 Å². The summed E-state index contributed by atoms with van der Waals surface area (Å²) in [4.78, 5) is 25.7. The fourth-order valence-electron chi connectivity index (χ4n) is 5.11. The van der Waals surface area contributed by atoms with E-state index in [0.29, 0.717) is 25.1 Å². The van der Waals surface area contributed by atoms with Crippen LogP contribution in [0, 0.1) is 35.0 Å². The summed E-state index contributed by atoms with van der Waals surface area (Å²) in [5.41, 5.74) is 0.440. The predicted molar refractivity (Wildman–Crippen MR) is 74.4 cm³/mol. The largest absolute Gasteiger partial charge is 0.481 e. The van der Waals surface area contributed by atoms with Crippen molar-refractivity contribution in [1.82, 2.24) is 4.90 Å². The number of aliphatic carboxylic acids is 1.